The fourth-order valence-electron chi connectivity index (χ4n) is 2.65. The quantitative estimate of drug-likeness (QED) is 0.568. The summed E-state index contributed by atoms with van der Waals surface area (Å²) < 4.78 is 6.05. The number of carbonyl (C=O) groups excluding carboxylic acids is 1. The first kappa shape index (κ1) is 15.6. The Morgan fingerprint density at radius 2 is 2.08 bits per heavy atom. The molecule has 0 bridgehead atoms. The number of nitrogens with zero attached hydrogens (tertiary/aromatic N) is 3. The fourth-order valence-corrected chi connectivity index (χ4v) is 3.68. The van der Waals surface area contributed by atoms with Gasteiger partial charge in [-0.05, 0) is 35.9 Å². The molecule has 2 heterocycles. The van der Waals surface area contributed by atoms with Crippen LogP contribution >= 0.6 is 11.3 Å². The lowest BCUT2D eigenvalue weighted by atomic mass is 10.1. The van der Waals surface area contributed by atoms with E-state index < -0.39 is 0 Å². The number of aromatic nitrogens is 3. The maximum absolute atomic E-state index is 11.0. The van der Waals surface area contributed by atoms with Gasteiger partial charge in [0.25, 0.3) is 0 Å². The second-order valence-electron chi connectivity index (χ2n) is 5.45. The summed E-state index contributed by atoms with van der Waals surface area (Å²) >= 11 is 1.47. The third-order valence-corrected chi connectivity index (χ3v) is 4.91. The minimum Gasteiger partial charge on any atom is -0.480 e. The molecule has 0 aliphatic rings. The molecular formula is C18H13N3O3S. The maximum Gasteiger partial charge on any atom is 0.232 e. The molecule has 2 aromatic carbocycles. The number of ether oxygens (including phenoxy) is 1. The Morgan fingerprint density at radius 3 is 2.84 bits per heavy atom. The first-order valence-corrected chi connectivity index (χ1v) is 8.34. The van der Waals surface area contributed by atoms with Crippen LogP contribution in [-0.2, 0) is 6.61 Å². The topological polar surface area (TPSA) is 85.2 Å². The summed E-state index contributed by atoms with van der Waals surface area (Å²) in [5, 5.41) is 10.3. The number of hydrogen-bond acceptors (Lipinski definition) is 7. The fraction of sp³-hybridized carbons (Fsp3) is 0.111. The molecule has 0 saturated heterocycles. The molecule has 0 spiro atoms. The van der Waals surface area contributed by atoms with E-state index in [1.165, 1.54) is 18.4 Å². The molecule has 0 unspecified atom stereocenters. The third-order valence-electron chi connectivity index (χ3n) is 3.86. The van der Waals surface area contributed by atoms with Crippen molar-refractivity contribution in [2.45, 2.75) is 6.61 Å². The van der Waals surface area contributed by atoms with Gasteiger partial charge in [0.1, 0.15) is 11.3 Å². The van der Waals surface area contributed by atoms with Gasteiger partial charge >= 0.3 is 0 Å². The molecular weight excluding hydrogens is 338 g/mol. The molecule has 0 saturated carbocycles. The first-order chi connectivity index (χ1) is 12.2. The molecule has 0 fully saturated rings. The van der Waals surface area contributed by atoms with Gasteiger partial charge in [-0.25, -0.2) is 15.0 Å². The highest BCUT2D eigenvalue weighted by Gasteiger charge is 2.14. The van der Waals surface area contributed by atoms with Gasteiger partial charge in [0.2, 0.25) is 5.88 Å². The number of benzene rings is 2. The molecule has 25 heavy (non-hydrogen) atoms. The van der Waals surface area contributed by atoms with Crippen molar-refractivity contribution in [3.05, 3.63) is 47.7 Å². The minimum absolute atomic E-state index is 0.109. The van der Waals surface area contributed by atoms with Gasteiger partial charge in [-0.2, -0.15) is 0 Å². The van der Waals surface area contributed by atoms with Crippen LogP contribution in [0.1, 0.15) is 15.9 Å². The van der Waals surface area contributed by atoms with E-state index >= 15 is 0 Å². The highest BCUT2D eigenvalue weighted by molar-refractivity contribution is 7.21. The summed E-state index contributed by atoms with van der Waals surface area (Å²) in [6, 6.07) is 9.03. The van der Waals surface area contributed by atoms with Gasteiger partial charge in [-0.3, -0.25) is 4.79 Å². The third kappa shape index (κ3) is 2.73. The molecule has 6 nitrogen and oxygen atoms in total. The Hall–Kier alpha value is -2.90. The Bertz CT molecular complexity index is 1100. The van der Waals surface area contributed by atoms with Gasteiger partial charge < -0.3 is 9.84 Å². The summed E-state index contributed by atoms with van der Waals surface area (Å²) in [5.74, 6) is 0.411. The minimum atomic E-state index is -0.109. The SMILES string of the molecule is COc1cnc2c(-c3nc4ccc(C=O)cc4s3)cc(CO)cc2n1. The summed E-state index contributed by atoms with van der Waals surface area (Å²) in [5.41, 5.74) is 4.26. The molecule has 0 aliphatic heterocycles. The summed E-state index contributed by atoms with van der Waals surface area (Å²) in [6.07, 6.45) is 2.38. The van der Waals surface area contributed by atoms with Crippen LogP contribution in [0.5, 0.6) is 5.88 Å². The van der Waals surface area contributed by atoms with Crippen LogP contribution in [0.3, 0.4) is 0 Å². The smallest absolute Gasteiger partial charge is 0.232 e. The van der Waals surface area contributed by atoms with Crippen LogP contribution in [0.25, 0.3) is 31.8 Å². The monoisotopic (exact) mass is 351 g/mol. The van der Waals surface area contributed by atoms with E-state index in [-0.39, 0.29) is 6.61 Å². The van der Waals surface area contributed by atoms with Crippen molar-refractivity contribution >= 4 is 38.9 Å². The number of thiazole rings is 1. The summed E-state index contributed by atoms with van der Waals surface area (Å²) in [7, 11) is 1.53. The number of hydrogen-bond donors (Lipinski definition) is 1. The zero-order valence-electron chi connectivity index (χ0n) is 13.3. The number of aliphatic hydroxyl groups excluding tert-OH is 1. The van der Waals surface area contributed by atoms with E-state index in [2.05, 4.69) is 15.0 Å². The van der Waals surface area contributed by atoms with Crippen LogP contribution in [0.4, 0.5) is 0 Å². The zero-order valence-corrected chi connectivity index (χ0v) is 14.1. The Balaban J connectivity index is 1.97. The van der Waals surface area contributed by atoms with Crippen molar-refractivity contribution in [2.24, 2.45) is 0 Å². The van der Waals surface area contributed by atoms with Crippen molar-refractivity contribution < 1.29 is 14.6 Å². The van der Waals surface area contributed by atoms with Crippen molar-refractivity contribution in [3.63, 3.8) is 0 Å². The predicted molar refractivity (Wildman–Crippen MR) is 96.0 cm³/mol. The van der Waals surface area contributed by atoms with Crippen molar-refractivity contribution in [1.29, 1.82) is 0 Å². The van der Waals surface area contributed by atoms with E-state index in [0.29, 0.717) is 22.5 Å². The predicted octanol–water partition coefficient (Wildman–Crippen LogP) is 3.22. The molecule has 0 amide bonds. The lowest BCUT2D eigenvalue weighted by Gasteiger charge is -2.07. The highest BCUT2D eigenvalue weighted by Crippen LogP contribution is 2.35. The number of rotatable bonds is 4. The normalized spacial score (nSPS) is 11.1. The number of aldehydes is 1. The first-order valence-electron chi connectivity index (χ1n) is 7.52. The zero-order chi connectivity index (χ0) is 17.4. The Kier molecular flexibility index (Phi) is 3.87. The molecule has 4 aromatic rings. The summed E-state index contributed by atoms with van der Waals surface area (Å²) in [6.45, 7) is -0.109. The van der Waals surface area contributed by atoms with Crippen LogP contribution in [0.2, 0.25) is 0 Å². The maximum atomic E-state index is 11.0. The average Bonchev–Trinajstić information content (AvgIpc) is 3.09. The van der Waals surface area contributed by atoms with Gasteiger partial charge in [0.15, 0.2) is 0 Å². The lowest BCUT2D eigenvalue weighted by Crippen LogP contribution is -1.95. The van der Waals surface area contributed by atoms with Crippen molar-refractivity contribution in [3.8, 4) is 16.5 Å². The van der Waals surface area contributed by atoms with Gasteiger partial charge in [-0.1, -0.05) is 0 Å². The van der Waals surface area contributed by atoms with Crippen molar-refractivity contribution in [2.75, 3.05) is 7.11 Å². The molecule has 1 N–H and O–H groups in total. The highest BCUT2D eigenvalue weighted by atomic mass is 32.1. The largest absolute Gasteiger partial charge is 0.480 e. The van der Waals surface area contributed by atoms with E-state index in [4.69, 9.17) is 4.74 Å². The number of fused-ring (bicyclic) bond motifs is 2. The second kappa shape index (κ2) is 6.19. The van der Waals surface area contributed by atoms with Crippen LogP contribution in [0.15, 0.2) is 36.5 Å². The second-order valence-corrected chi connectivity index (χ2v) is 6.48. The average molecular weight is 351 g/mol. The Labute approximate surface area is 146 Å². The Morgan fingerprint density at radius 1 is 1.20 bits per heavy atom. The molecule has 124 valence electrons. The van der Waals surface area contributed by atoms with E-state index in [0.717, 1.165) is 32.6 Å². The van der Waals surface area contributed by atoms with Crippen LogP contribution < -0.4 is 4.74 Å². The van der Waals surface area contributed by atoms with Gasteiger partial charge in [-0.15, -0.1) is 11.3 Å². The molecule has 0 radical (unpaired) electrons. The number of aliphatic hydroxyl groups is 1. The summed E-state index contributed by atoms with van der Waals surface area (Å²) in [4.78, 5) is 24.5. The van der Waals surface area contributed by atoms with Gasteiger partial charge in [0.05, 0.1) is 41.2 Å². The van der Waals surface area contributed by atoms with Gasteiger partial charge in [0, 0.05) is 11.1 Å². The molecule has 2 aromatic heterocycles. The van der Waals surface area contributed by atoms with Crippen molar-refractivity contribution in [1.82, 2.24) is 15.0 Å². The number of methoxy groups -OCH3 is 1. The van der Waals surface area contributed by atoms with E-state index in [1.807, 2.05) is 18.2 Å². The molecule has 0 aliphatic carbocycles. The van der Waals surface area contributed by atoms with E-state index in [9.17, 15) is 9.90 Å². The molecule has 4 rings (SSSR count). The lowest BCUT2D eigenvalue weighted by molar-refractivity contribution is 0.112. The standard InChI is InChI=1S/C18H13N3O3S/c1-24-16-7-19-17-12(4-11(9-23)5-14(17)20-16)18-21-13-3-2-10(8-22)6-15(13)25-18/h2-8,23H,9H2,1H3. The van der Waals surface area contributed by atoms with E-state index in [1.54, 1.807) is 18.3 Å². The number of carbonyl (C=O) groups is 1. The van der Waals surface area contributed by atoms with Crippen LogP contribution in [0, 0.1) is 0 Å². The van der Waals surface area contributed by atoms with Crippen LogP contribution in [-0.4, -0.2) is 33.5 Å². The molecule has 0 atom stereocenters. The molecule has 7 heteroatoms.